The summed E-state index contributed by atoms with van der Waals surface area (Å²) in [6, 6.07) is 12.6. The van der Waals surface area contributed by atoms with Crippen molar-refractivity contribution in [2.24, 2.45) is 0 Å². The molecule has 1 aliphatic rings. The molecule has 0 unspecified atom stereocenters. The molecule has 114 valence electrons. The lowest BCUT2D eigenvalue weighted by Crippen LogP contribution is -2.45. The number of amides is 1. The van der Waals surface area contributed by atoms with E-state index in [0.717, 1.165) is 18.4 Å². The van der Waals surface area contributed by atoms with E-state index < -0.39 is 0 Å². The molecule has 22 heavy (non-hydrogen) atoms. The van der Waals surface area contributed by atoms with Gasteiger partial charge in [-0.25, -0.2) is 0 Å². The van der Waals surface area contributed by atoms with Crippen molar-refractivity contribution in [2.45, 2.75) is 24.8 Å². The third-order valence-electron chi connectivity index (χ3n) is 4.07. The average Bonchev–Trinajstić information content (AvgIpc) is 2.46. The molecule has 5 heteroatoms. The van der Waals surface area contributed by atoms with E-state index in [9.17, 15) is 4.79 Å². The first-order valence-electron chi connectivity index (χ1n) is 7.06. The van der Waals surface area contributed by atoms with Crippen molar-refractivity contribution in [1.82, 2.24) is 5.32 Å². The maximum Gasteiger partial charge on any atom is 0.253 e. The first-order valence-corrected chi connectivity index (χ1v) is 8.20. The summed E-state index contributed by atoms with van der Waals surface area (Å²) in [6.07, 6.45) is 1.93. The number of nitrogens with one attached hydrogen (secondary N) is 1. The fourth-order valence-corrected chi connectivity index (χ4v) is 3.51. The Morgan fingerprint density at radius 1 is 1.00 bits per heavy atom. The van der Waals surface area contributed by atoms with Gasteiger partial charge in [0.25, 0.3) is 5.91 Å². The predicted octanol–water partition coefficient (Wildman–Crippen LogP) is 5.32. The molecular weight excluding hydrogens is 341 g/mol. The third-order valence-corrected chi connectivity index (χ3v) is 4.96. The molecule has 0 aromatic heterocycles. The second-order valence-corrected chi connectivity index (χ2v) is 6.66. The van der Waals surface area contributed by atoms with Crippen molar-refractivity contribution >= 4 is 40.7 Å². The summed E-state index contributed by atoms with van der Waals surface area (Å²) in [5.74, 6) is 0.0709. The van der Waals surface area contributed by atoms with Crippen LogP contribution in [0.3, 0.4) is 0 Å². The average molecular weight is 355 g/mol. The molecular formula is C17H14Cl3NO. The van der Waals surface area contributed by atoms with Crippen LogP contribution in [0.25, 0.3) is 0 Å². The molecule has 2 nitrogen and oxygen atoms in total. The monoisotopic (exact) mass is 353 g/mol. The zero-order valence-corrected chi connectivity index (χ0v) is 13.9. The van der Waals surface area contributed by atoms with Crippen LogP contribution in [0.1, 0.15) is 34.7 Å². The standard InChI is InChI=1S/C17H14Cl3NO/c18-10-5-6-11(15(20)9-10)12-7-8-16(12)21-17(22)13-3-1-2-4-14(13)19/h1-6,9,12,16H,7-8H2,(H,21,22)/t12-,16-/m0/s1. The first-order chi connectivity index (χ1) is 10.6. The highest BCUT2D eigenvalue weighted by Crippen LogP contribution is 2.41. The Balaban J connectivity index is 1.74. The highest BCUT2D eigenvalue weighted by atomic mass is 35.5. The van der Waals surface area contributed by atoms with Gasteiger partial charge in [-0.3, -0.25) is 4.79 Å². The molecule has 2 aromatic carbocycles. The lowest BCUT2D eigenvalue weighted by Gasteiger charge is -2.38. The fourth-order valence-electron chi connectivity index (χ4n) is 2.74. The number of hydrogen-bond acceptors (Lipinski definition) is 1. The number of carbonyl (C=O) groups is 1. The zero-order chi connectivity index (χ0) is 15.7. The van der Waals surface area contributed by atoms with Crippen LogP contribution in [0, 0.1) is 0 Å². The van der Waals surface area contributed by atoms with E-state index in [1.807, 2.05) is 12.1 Å². The molecule has 0 aliphatic heterocycles. The largest absolute Gasteiger partial charge is 0.349 e. The Bertz CT molecular complexity index is 717. The Morgan fingerprint density at radius 3 is 2.41 bits per heavy atom. The summed E-state index contributed by atoms with van der Waals surface area (Å²) in [4.78, 5) is 12.3. The third kappa shape index (κ3) is 3.10. The van der Waals surface area contributed by atoms with Crippen LogP contribution < -0.4 is 5.32 Å². The molecule has 1 saturated carbocycles. The van der Waals surface area contributed by atoms with Gasteiger partial charge in [-0.1, -0.05) is 53.0 Å². The van der Waals surface area contributed by atoms with Crippen LogP contribution in [0.4, 0.5) is 0 Å². The lowest BCUT2D eigenvalue weighted by molar-refractivity contribution is 0.0905. The molecule has 1 amide bonds. The molecule has 0 spiro atoms. The topological polar surface area (TPSA) is 29.1 Å². The summed E-state index contributed by atoms with van der Waals surface area (Å²) in [5.41, 5.74) is 1.53. The van der Waals surface area contributed by atoms with Crippen molar-refractivity contribution in [3.05, 3.63) is 68.7 Å². The summed E-state index contributed by atoms with van der Waals surface area (Å²) in [7, 11) is 0. The van der Waals surface area contributed by atoms with Crippen LogP contribution in [-0.2, 0) is 0 Å². The van der Waals surface area contributed by atoms with Gasteiger partial charge in [-0.05, 0) is 42.7 Å². The van der Waals surface area contributed by atoms with Gasteiger partial charge in [0.1, 0.15) is 0 Å². The Labute approximate surface area is 144 Å². The number of carbonyl (C=O) groups excluding carboxylic acids is 1. The predicted molar refractivity (Wildman–Crippen MR) is 91.1 cm³/mol. The van der Waals surface area contributed by atoms with E-state index in [1.54, 1.807) is 30.3 Å². The molecule has 3 rings (SSSR count). The van der Waals surface area contributed by atoms with Gasteiger partial charge in [0.15, 0.2) is 0 Å². The van der Waals surface area contributed by atoms with Gasteiger partial charge >= 0.3 is 0 Å². The van der Waals surface area contributed by atoms with Crippen molar-refractivity contribution in [2.75, 3.05) is 0 Å². The minimum atomic E-state index is -0.148. The number of hydrogen-bond donors (Lipinski definition) is 1. The quantitative estimate of drug-likeness (QED) is 0.793. The minimum absolute atomic E-state index is 0.0717. The molecule has 1 fully saturated rings. The van der Waals surface area contributed by atoms with Crippen LogP contribution in [0.5, 0.6) is 0 Å². The van der Waals surface area contributed by atoms with E-state index in [4.69, 9.17) is 34.8 Å². The normalized spacial score (nSPS) is 20.3. The van der Waals surface area contributed by atoms with E-state index in [2.05, 4.69) is 5.32 Å². The minimum Gasteiger partial charge on any atom is -0.349 e. The summed E-state index contributed by atoms with van der Waals surface area (Å²) < 4.78 is 0. The van der Waals surface area contributed by atoms with Crippen LogP contribution in [-0.4, -0.2) is 11.9 Å². The van der Waals surface area contributed by atoms with E-state index in [0.29, 0.717) is 20.6 Å². The highest BCUT2D eigenvalue weighted by Gasteiger charge is 2.34. The van der Waals surface area contributed by atoms with Gasteiger partial charge in [-0.15, -0.1) is 0 Å². The Kier molecular flexibility index (Phi) is 4.62. The van der Waals surface area contributed by atoms with Crippen molar-refractivity contribution < 1.29 is 4.79 Å². The van der Waals surface area contributed by atoms with Crippen LogP contribution in [0.15, 0.2) is 42.5 Å². The lowest BCUT2D eigenvalue weighted by atomic mass is 9.75. The molecule has 0 heterocycles. The zero-order valence-electron chi connectivity index (χ0n) is 11.7. The molecule has 2 atom stereocenters. The molecule has 2 aromatic rings. The highest BCUT2D eigenvalue weighted by molar-refractivity contribution is 6.35. The first kappa shape index (κ1) is 15.7. The van der Waals surface area contributed by atoms with E-state index in [1.165, 1.54) is 0 Å². The van der Waals surface area contributed by atoms with E-state index in [-0.39, 0.29) is 17.9 Å². The number of halogens is 3. The van der Waals surface area contributed by atoms with Crippen molar-refractivity contribution in [3.63, 3.8) is 0 Å². The van der Waals surface area contributed by atoms with Gasteiger partial charge in [-0.2, -0.15) is 0 Å². The molecule has 0 bridgehead atoms. The second kappa shape index (κ2) is 6.49. The maximum atomic E-state index is 12.3. The summed E-state index contributed by atoms with van der Waals surface area (Å²) in [6.45, 7) is 0. The Morgan fingerprint density at radius 2 is 1.77 bits per heavy atom. The van der Waals surface area contributed by atoms with Gasteiger partial charge in [0, 0.05) is 22.0 Å². The van der Waals surface area contributed by atoms with Gasteiger partial charge in [0.05, 0.1) is 10.6 Å². The number of rotatable bonds is 3. The van der Waals surface area contributed by atoms with Gasteiger partial charge in [0.2, 0.25) is 0 Å². The number of benzene rings is 2. The summed E-state index contributed by atoms with van der Waals surface area (Å²) >= 11 is 18.3. The molecule has 1 N–H and O–H groups in total. The Hall–Kier alpha value is -1.22. The van der Waals surface area contributed by atoms with Crippen LogP contribution >= 0.6 is 34.8 Å². The molecule has 1 aliphatic carbocycles. The van der Waals surface area contributed by atoms with E-state index >= 15 is 0 Å². The molecule has 0 saturated heterocycles. The van der Waals surface area contributed by atoms with Gasteiger partial charge < -0.3 is 5.32 Å². The second-order valence-electron chi connectivity index (χ2n) is 5.41. The fraction of sp³-hybridized carbons (Fsp3) is 0.235. The SMILES string of the molecule is O=C(N[C@H]1CC[C@H]1c1ccc(Cl)cc1Cl)c1ccccc1Cl. The molecule has 0 radical (unpaired) electrons. The smallest absolute Gasteiger partial charge is 0.253 e. The van der Waals surface area contributed by atoms with Crippen LogP contribution in [0.2, 0.25) is 15.1 Å². The van der Waals surface area contributed by atoms with Crippen molar-refractivity contribution in [1.29, 1.82) is 0 Å². The maximum absolute atomic E-state index is 12.3. The van der Waals surface area contributed by atoms with Crippen molar-refractivity contribution in [3.8, 4) is 0 Å². The summed E-state index contributed by atoms with van der Waals surface area (Å²) in [5, 5.41) is 4.77.